The largest absolute Gasteiger partial charge is 0.496 e. The summed E-state index contributed by atoms with van der Waals surface area (Å²) >= 11 is 1.49. The first-order chi connectivity index (χ1) is 16.7. The zero-order valence-electron chi connectivity index (χ0n) is 18.4. The van der Waals surface area contributed by atoms with E-state index < -0.39 is 0 Å². The number of rotatable bonds is 8. The lowest BCUT2D eigenvalue weighted by Crippen LogP contribution is -2.19. The SMILES string of the molecule is COc1ccc(/C=N\NC(=O)Cc2c[nH]c3ccccc23)cc1CSc1nc2ccccc2o1. The van der Waals surface area contributed by atoms with E-state index in [-0.39, 0.29) is 12.3 Å². The Balaban J connectivity index is 1.22. The average Bonchev–Trinajstić information content (AvgIpc) is 3.47. The Morgan fingerprint density at radius 1 is 1.15 bits per heavy atom. The van der Waals surface area contributed by atoms with Crippen molar-refractivity contribution < 1.29 is 13.9 Å². The van der Waals surface area contributed by atoms with Gasteiger partial charge in [0.15, 0.2) is 5.58 Å². The van der Waals surface area contributed by atoms with Crippen molar-refractivity contribution in [3.63, 3.8) is 0 Å². The van der Waals surface area contributed by atoms with Crippen LogP contribution in [0, 0.1) is 0 Å². The monoisotopic (exact) mass is 470 g/mol. The molecule has 0 saturated carbocycles. The number of benzene rings is 3. The first kappa shape index (κ1) is 21.8. The Morgan fingerprint density at radius 3 is 2.88 bits per heavy atom. The third-order valence-electron chi connectivity index (χ3n) is 5.36. The number of thioether (sulfide) groups is 1. The number of hydrogen-bond acceptors (Lipinski definition) is 6. The molecule has 0 unspecified atom stereocenters. The highest BCUT2D eigenvalue weighted by Gasteiger charge is 2.10. The molecule has 0 aliphatic rings. The zero-order valence-corrected chi connectivity index (χ0v) is 19.3. The molecule has 5 rings (SSSR count). The van der Waals surface area contributed by atoms with Gasteiger partial charge >= 0.3 is 0 Å². The van der Waals surface area contributed by atoms with Gasteiger partial charge in [0, 0.05) is 28.4 Å². The second kappa shape index (κ2) is 9.84. The topological polar surface area (TPSA) is 92.5 Å². The normalized spacial score (nSPS) is 11.4. The molecule has 34 heavy (non-hydrogen) atoms. The molecular weight excluding hydrogens is 448 g/mol. The van der Waals surface area contributed by atoms with Crippen LogP contribution in [0.4, 0.5) is 0 Å². The summed E-state index contributed by atoms with van der Waals surface area (Å²) in [5, 5.41) is 5.78. The lowest BCUT2D eigenvalue weighted by atomic mass is 10.1. The fourth-order valence-corrected chi connectivity index (χ4v) is 4.53. The van der Waals surface area contributed by atoms with Gasteiger partial charge in [0.2, 0.25) is 5.91 Å². The van der Waals surface area contributed by atoms with Crippen LogP contribution >= 0.6 is 11.8 Å². The fraction of sp³-hybridized carbons (Fsp3) is 0.115. The molecule has 7 nitrogen and oxygen atoms in total. The third-order valence-corrected chi connectivity index (χ3v) is 6.24. The minimum absolute atomic E-state index is 0.179. The van der Waals surface area contributed by atoms with Crippen LogP contribution in [0.5, 0.6) is 5.75 Å². The third kappa shape index (κ3) is 4.82. The van der Waals surface area contributed by atoms with Crippen molar-refractivity contribution in [2.75, 3.05) is 7.11 Å². The Labute approximate surface area is 200 Å². The minimum Gasteiger partial charge on any atom is -0.496 e. The average molecular weight is 471 g/mol. The molecule has 8 heteroatoms. The molecule has 0 saturated heterocycles. The number of fused-ring (bicyclic) bond motifs is 2. The van der Waals surface area contributed by atoms with E-state index in [0.717, 1.165) is 44.4 Å². The predicted molar refractivity (Wildman–Crippen MR) is 134 cm³/mol. The van der Waals surface area contributed by atoms with Gasteiger partial charge in [-0.25, -0.2) is 10.4 Å². The number of aromatic nitrogens is 2. The summed E-state index contributed by atoms with van der Waals surface area (Å²) < 4.78 is 11.3. The van der Waals surface area contributed by atoms with Crippen molar-refractivity contribution in [3.8, 4) is 5.75 Å². The van der Waals surface area contributed by atoms with E-state index in [9.17, 15) is 4.79 Å². The molecule has 0 aliphatic carbocycles. The zero-order chi connectivity index (χ0) is 23.3. The Bertz CT molecular complexity index is 1460. The van der Waals surface area contributed by atoms with E-state index in [1.165, 1.54) is 11.8 Å². The molecule has 0 bridgehead atoms. The number of hydrogen-bond donors (Lipinski definition) is 2. The van der Waals surface area contributed by atoms with Crippen molar-refractivity contribution in [3.05, 3.63) is 89.6 Å². The van der Waals surface area contributed by atoms with Gasteiger partial charge in [0.05, 0.1) is 19.7 Å². The van der Waals surface area contributed by atoms with Gasteiger partial charge in [-0.15, -0.1) is 0 Å². The predicted octanol–water partition coefficient (Wildman–Crippen LogP) is 5.30. The summed E-state index contributed by atoms with van der Waals surface area (Å²) in [7, 11) is 1.64. The van der Waals surface area contributed by atoms with Crippen LogP contribution in [0.2, 0.25) is 0 Å². The van der Waals surface area contributed by atoms with Crippen molar-refractivity contribution in [2.24, 2.45) is 5.10 Å². The van der Waals surface area contributed by atoms with E-state index in [2.05, 4.69) is 20.5 Å². The van der Waals surface area contributed by atoms with E-state index in [1.807, 2.05) is 72.9 Å². The maximum atomic E-state index is 12.4. The number of carbonyl (C=O) groups is 1. The van der Waals surface area contributed by atoms with Gasteiger partial charge in [0.25, 0.3) is 5.22 Å². The Morgan fingerprint density at radius 2 is 2.00 bits per heavy atom. The number of para-hydroxylation sites is 3. The first-order valence-electron chi connectivity index (χ1n) is 10.7. The molecule has 0 fully saturated rings. The maximum absolute atomic E-state index is 12.4. The number of amides is 1. The van der Waals surface area contributed by atoms with Gasteiger partial charge in [-0.05, 0) is 47.5 Å². The van der Waals surface area contributed by atoms with Crippen LogP contribution in [0.25, 0.3) is 22.0 Å². The molecule has 3 aromatic carbocycles. The van der Waals surface area contributed by atoms with Crippen LogP contribution in [0.1, 0.15) is 16.7 Å². The van der Waals surface area contributed by atoms with Crippen LogP contribution in [-0.4, -0.2) is 29.2 Å². The Hall–Kier alpha value is -4.04. The molecule has 2 N–H and O–H groups in total. The molecule has 1 amide bonds. The summed E-state index contributed by atoms with van der Waals surface area (Å²) in [5.74, 6) is 1.20. The summed E-state index contributed by atoms with van der Waals surface area (Å²) in [6, 6.07) is 21.3. The van der Waals surface area contributed by atoms with Crippen LogP contribution in [-0.2, 0) is 17.0 Å². The number of H-pyrrole nitrogens is 1. The number of hydrazone groups is 1. The van der Waals surface area contributed by atoms with Crippen LogP contribution in [0.15, 0.2) is 87.7 Å². The maximum Gasteiger partial charge on any atom is 0.257 e. The number of aromatic amines is 1. The van der Waals surface area contributed by atoms with E-state index >= 15 is 0 Å². The van der Waals surface area contributed by atoms with Crippen molar-refractivity contribution in [1.82, 2.24) is 15.4 Å². The highest BCUT2D eigenvalue weighted by molar-refractivity contribution is 7.98. The van der Waals surface area contributed by atoms with Crippen LogP contribution < -0.4 is 10.2 Å². The summed E-state index contributed by atoms with van der Waals surface area (Å²) in [4.78, 5) is 20.0. The van der Waals surface area contributed by atoms with Gasteiger partial charge < -0.3 is 14.1 Å². The second-order valence-corrected chi connectivity index (χ2v) is 8.56. The first-order valence-corrected chi connectivity index (χ1v) is 11.7. The molecule has 0 radical (unpaired) electrons. The van der Waals surface area contributed by atoms with E-state index in [4.69, 9.17) is 9.15 Å². The van der Waals surface area contributed by atoms with Gasteiger partial charge in [0.1, 0.15) is 11.3 Å². The molecule has 5 aromatic rings. The van der Waals surface area contributed by atoms with Gasteiger partial charge in [-0.2, -0.15) is 5.10 Å². The summed E-state index contributed by atoms with van der Waals surface area (Å²) in [6.45, 7) is 0. The van der Waals surface area contributed by atoms with Crippen molar-refractivity contribution >= 4 is 45.9 Å². The lowest BCUT2D eigenvalue weighted by Gasteiger charge is -2.08. The number of nitrogens with one attached hydrogen (secondary N) is 2. The number of nitrogens with zero attached hydrogens (tertiary/aromatic N) is 2. The van der Waals surface area contributed by atoms with Gasteiger partial charge in [-0.1, -0.05) is 42.1 Å². The smallest absolute Gasteiger partial charge is 0.257 e. The van der Waals surface area contributed by atoms with Crippen LogP contribution in [0.3, 0.4) is 0 Å². The number of carbonyl (C=O) groups excluding carboxylic acids is 1. The molecule has 2 heterocycles. The number of methoxy groups -OCH3 is 1. The molecule has 0 spiro atoms. The number of oxazole rings is 1. The highest BCUT2D eigenvalue weighted by Crippen LogP contribution is 2.30. The quantitative estimate of drug-likeness (QED) is 0.182. The summed E-state index contributed by atoms with van der Waals surface area (Å²) in [6.07, 6.45) is 3.73. The molecule has 2 aromatic heterocycles. The molecule has 0 aliphatic heterocycles. The number of ether oxygens (including phenoxy) is 1. The van der Waals surface area contributed by atoms with E-state index in [0.29, 0.717) is 11.0 Å². The van der Waals surface area contributed by atoms with Crippen molar-refractivity contribution in [2.45, 2.75) is 17.4 Å². The fourth-order valence-electron chi connectivity index (χ4n) is 3.71. The standard InChI is InChI=1S/C26H22N4O3S/c1-32-23-11-10-17(12-19(23)16-34-26-29-22-8-4-5-9-24(22)33-26)14-28-30-25(31)13-18-15-27-21-7-3-2-6-20(18)21/h2-12,14-15,27H,13,16H2,1H3,(H,30,31)/b28-14-. The van der Waals surface area contributed by atoms with Gasteiger partial charge in [-0.3, -0.25) is 4.79 Å². The molecular formula is C26H22N4O3S. The summed E-state index contributed by atoms with van der Waals surface area (Å²) in [5.41, 5.74) is 7.98. The molecule has 170 valence electrons. The minimum atomic E-state index is -0.179. The van der Waals surface area contributed by atoms with Crippen molar-refractivity contribution in [1.29, 1.82) is 0 Å². The second-order valence-electron chi connectivity index (χ2n) is 7.64. The van der Waals surface area contributed by atoms with E-state index in [1.54, 1.807) is 13.3 Å². The lowest BCUT2D eigenvalue weighted by molar-refractivity contribution is -0.120. The highest BCUT2D eigenvalue weighted by atomic mass is 32.2. The molecule has 0 atom stereocenters. The Kier molecular flexibility index (Phi) is 6.31.